The van der Waals surface area contributed by atoms with E-state index in [9.17, 15) is 0 Å². The van der Waals surface area contributed by atoms with Gasteiger partial charge in [0.05, 0.1) is 5.69 Å². The molecule has 2 heteroatoms. The summed E-state index contributed by atoms with van der Waals surface area (Å²) in [6.07, 6.45) is 2.63. The lowest BCUT2D eigenvalue weighted by atomic mass is 10.1. The Kier molecular flexibility index (Phi) is 1.88. The van der Waals surface area contributed by atoms with Crippen LogP contribution in [0, 0.1) is 6.92 Å². The summed E-state index contributed by atoms with van der Waals surface area (Å²) < 4.78 is 0. The minimum Gasteiger partial charge on any atom is -0.282 e. The summed E-state index contributed by atoms with van der Waals surface area (Å²) in [7, 11) is 0. The Labute approximate surface area is 89.3 Å². The first-order valence-corrected chi connectivity index (χ1v) is 5.45. The Morgan fingerprint density at radius 1 is 1.27 bits per heavy atom. The molecule has 1 aliphatic carbocycles. The van der Waals surface area contributed by atoms with Gasteiger partial charge in [-0.1, -0.05) is 23.8 Å². The second-order valence-electron chi connectivity index (χ2n) is 4.35. The van der Waals surface area contributed by atoms with E-state index >= 15 is 0 Å². The third-order valence-electron chi connectivity index (χ3n) is 2.93. The lowest BCUT2D eigenvalue weighted by molar-refractivity contribution is 0.967. The molecule has 2 aromatic rings. The molecule has 0 amide bonds. The Balaban J connectivity index is 1.97. The lowest BCUT2D eigenvalue weighted by Gasteiger charge is -1.96. The summed E-state index contributed by atoms with van der Waals surface area (Å²) in [6, 6.07) is 10.7. The molecule has 1 saturated carbocycles. The Morgan fingerprint density at radius 2 is 2.13 bits per heavy atom. The number of hydrogen-bond donors (Lipinski definition) is 1. The van der Waals surface area contributed by atoms with Crippen LogP contribution in [-0.4, -0.2) is 10.2 Å². The normalized spacial score (nSPS) is 15.5. The summed E-state index contributed by atoms with van der Waals surface area (Å²) >= 11 is 0. The minimum atomic E-state index is 0.746. The maximum absolute atomic E-state index is 4.36. The topological polar surface area (TPSA) is 28.7 Å². The number of H-pyrrole nitrogens is 1. The largest absolute Gasteiger partial charge is 0.282 e. The molecule has 0 unspecified atom stereocenters. The third kappa shape index (κ3) is 1.67. The maximum atomic E-state index is 4.36. The molecule has 0 spiro atoms. The zero-order chi connectivity index (χ0) is 10.3. The van der Waals surface area contributed by atoms with Crippen molar-refractivity contribution in [3.8, 4) is 11.3 Å². The molecule has 1 aliphatic rings. The number of rotatable bonds is 2. The molecule has 0 radical (unpaired) electrons. The number of benzene rings is 1. The van der Waals surface area contributed by atoms with Crippen molar-refractivity contribution in [2.75, 3.05) is 0 Å². The van der Waals surface area contributed by atoms with Crippen LogP contribution in [0.4, 0.5) is 0 Å². The van der Waals surface area contributed by atoms with E-state index in [1.807, 2.05) is 0 Å². The fourth-order valence-electron chi connectivity index (χ4n) is 1.89. The third-order valence-corrected chi connectivity index (χ3v) is 2.93. The monoisotopic (exact) mass is 198 g/mol. The molecule has 1 aromatic carbocycles. The second-order valence-corrected chi connectivity index (χ2v) is 4.35. The molecule has 3 rings (SSSR count). The van der Waals surface area contributed by atoms with Crippen LogP contribution >= 0.6 is 0 Å². The predicted octanol–water partition coefficient (Wildman–Crippen LogP) is 3.26. The minimum absolute atomic E-state index is 0.746. The van der Waals surface area contributed by atoms with Crippen molar-refractivity contribution in [1.29, 1.82) is 0 Å². The van der Waals surface area contributed by atoms with Crippen LogP contribution in [0.1, 0.15) is 30.0 Å². The van der Waals surface area contributed by atoms with E-state index in [-0.39, 0.29) is 0 Å². The van der Waals surface area contributed by atoms with Gasteiger partial charge in [0.1, 0.15) is 0 Å². The number of nitrogens with zero attached hydrogens (tertiary/aromatic N) is 1. The first-order valence-electron chi connectivity index (χ1n) is 5.45. The van der Waals surface area contributed by atoms with Crippen molar-refractivity contribution in [3.63, 3.8) is 0 Å². The van der Waals surface area contributed by atoms with Crippen molar-refractivity contribution in [2.45, 2.75) is 25.7 Å². The maximum Gasteiger partial charge on any atom is 0.0923 e. The molecule has 0 atom stereocenters. The van der Waals surface area contributed by atoms with E-state index in [1.54, 1.807) is 0 Å². The van der Waals surface area contributed by atoms with Gasteiger partial charge in [-0.2, -0.15) is 5.10 Å². The smallest absolute Gasteiger partial charge is 0.0923 e. The van der Waals surface area contributed by atoms with Crippen molar-refractivity contribution in [3.05, 3.63) is 41.6 Å². The Hall–Kier alpha value is -1.57. The van der Waals surface area contributed by atoms with E-state index in [4.69, 9.17) is 0 Å². The van der Waals surface area contributed by atoms with E-state index < -0.39 is 0 Å². The second kappa shape index (κ2) is 3.23. The van der Waals surface area contributed by atoms with Gasteiger partial charge in [0, 0.05) is 17.2 Å². The molecule has 0 saturated heterocycles. The SMILES string of the molecule is Cc1cccc(-c2cc(C3CC3)[nH]n2)c1. The van der Waals surface area contributed by atoms with Crippen LogP contribution in [0.3, 0.4) is 0 Å². The lowest BCUT2D eigenvalue weighted by Crippen LogP contribution is -1.78. The predicted molar refractivity (Wildman–Crippen MR) is 60.7 cm³/mol. The molecular formula is C13H14N2. The van der Waals surface area contributed by atoms with E-state index in [2.05, 4.69) is 47.5 Å². The molecular weight excluding hydrogens is 184 g/mol. The zero-order valence-electron chi connectivity index (χ0n) is 8.83. The molecule has 1 N–H and O–H groups in total. The molecule has 1 aromatic heterocycles. The van der Waals surface area contributed by atoms with Gasteiger partial charge < -0.3 is 0 Å². The van der Waals surface area contributed by atoms with Crippen molar-refractivity contribution < 1.29 is 0 Å². The van der Waals surface area contributed by atoms with Gasteiger partial charge >= 0.3 is 0 Å². The van der Waals surface area contributed by atoms with E-state index in [1.165, 1.54) is 29.7 Å². The van der Waals surface area contributed by atoms with Gasteiger partial charge in [0.25, 0.3) is 0 Å². The first kappa shape index (κ1) is 8.72. The van der Waals surface area contributed by atoms with Crippen LogP contribution in [0.15, 0.2) is 30.3 Å². The molecule has 1 heterocycles. The zero-order valence-corrected chi connectivity index (χ0v) is 8.83. The Morgan fingerprint density at radius 3 is 2.87 bits per heavy atom. The van der Waals surface area contributed by atoms with E-state index in [0.717, 1.165) is 11.6 Å². The van der Waals surface area contributed by atoms with Crippen LogP contribution in [-0.2, 0) is 0 Å². The summed E-state index contributed by atoms with van der Waals surface area (Å²) in [6.45, 7) is 2.11. The quantitative estimate of drug-likeness (QED) is 0.788. The van der Waals surface area contributed by atoms with Crippen LogP contribution in [0.5, 0.6) is 0 Å². The fourth-order valence-corrected chi connectivity index (χ4v) is 1.89. The summed E-state index contributed by atoms with van der Waals surface area (Å²) in [5.74, 6) is 0.746. The molecule has 1 fully saturated rings. The highest BCUT2D eigenvalue weighted by atomic mass is 15.1. The highest BCUT2D eigenvalue weighted by Crippen LogP contribution is 2.39. The number of hydrogen-bond acceptors (Lipinski definition) is 1. The van der Waals surface area contributed by atoms with Crippen LogP contribution < -0.4 is 0 Å². The van der Waals surface area contributed by atoms with Gasteiger partial charge in [-0.15, -0.1) is 0 Å². The first-order chi connectivity index (χ1) is 7.33. The summed E-state index contributed by atoms with van der Waals surface area (Å²) in [5, 5.41) is 7.50. The highest BCUT2D eigenvalue weighted by Gasteiger charge is 2.25. The van der Waals surface area contributed by atoms with Crippen molar-refractivity contribution >= 4 is 0 Å². The molecule has 2 nitrogen and oxygen atoms in total. The average Bonchev–Trinajstić information content (AvgIpc) is 2.97. The van der Waals surface area contributed by atoms with Crippen molar-refractivity contribution in [1.82, 2.24) is 10.2 Å². The van der Waals surface area contributed by atoms with Crippen molar-refractivity contribution in [2.24, 2.45) is 0 Å². The molecule has 0 bridgehead atoms. The number of aromatic amines is 1. The van der Waals surface area contributed by atoms with Crippen LogP contribution in [0.2, 0.25) is 0 Å². The van der Waals surface area contributed by atoms with Gasteiger partial charge in [-0.3, -0.25) is 5.10 Å². The highest BCUT2D eigenvalue weighted by molar-refractivity contribution is 5.60. The molecule has 15 heavy (non-hydrogen) atoms. The number of aryl methyl sites for hydroxylation is 1. The fraction of sp³-hybridized carbons (Fsp3) is 0.308. The van der Waals surface area contributed by atoms with E-state index in [0.29, 0.717) is 0 Å². The Bertz CT molecular complexity index is 481. The molecule has 0 aliphatic heterocycles. The van der Waals surface area contributed by atoms with Gasteiger partial charge in [-0.05, 0) is 31.9 Å². The van der Waals surface area contributed by atoms with Crippen LogP contribution in [0.25, 0.3) is 11.3 Å². The number of aromatic nitrogens is 2. The molecule has 76 valence electrons. The van der Waals surface area contributed by atoms with Gasteiger partial charge in [0.15, 0.2) is 0 Å². The summed E-state index contributed by atoms with van der Waals surface area (Å²) in [4.78, 5) is 0. The van der Waals surface area contributed by atoms with Gasteiger partial charge in [-0.25, -0.2) is 0 Å². The standard InChI is InChI=1S/C13H14N2/c1-9-3-2-4-11(7-9)13-8-12(14-15-13)10-5-6-10/h2-4,7-8,10H,5-6H2,1H3,(H,14,15). The number of nitrogens with one attached hydrogen (secondary N) is 1. The average molecular weight is 198 g/mol. The van der Waals surface area contributed by atoms with Gasteiger partial charge in [0.2, 0.25) is 0 Å². The summed E-state index contributed by atoms with van der Waals surface area (Å²) in [5.41, 5.74) is 4.86.